The lowest BCUT2D eigenvalue weighted by Gasteiger charge is -2.25. The second-order valence-corrected chi connectivity index (χ2v) is 23.1. The molecular formula is C48H73BN13O19S2. The third-order valence-corrected chi connectivity index (χ3v) is 15.4. The van der Waals surface area contributed by atoms with Gasteiger partial charge in [-0.1, -0.05) is 10.4 Å². The number of carbonyl (C=O) groups is 8. The van der Waals surface area contributed by atoms with Crippen LogP contribution in [-0.4, -0.2) is 282 Å². The number of nitrogens with one attached hydrogen (secondary N) is 1. The van der Waals surface area contributed by atoms with Gasteiger partial charge in [0.2, 0.25) is 5.91 Å². The molecular weight excluding hydrogens is 1140 g/mol. The largest absolute Gasteiger partial charge is 0.378 e. The molecule has 7 rings (SSSR count). The highest BCUT2D eigenvalue weighted by molar-refractivity contribution is 7.91. The lowest BCUT2D eigenvalue weighted by Crippen LogP contribution is -2.39. The number of imide groups is 3. The second-order valence-electron chi connectivity index (χ2n) is 18.5. The van der Waals surface area contributed by atoms with Gasteiger partial charge in [0.25, 0.3) is 35.4 Å². The highest BCUT2D eigenvalue weighted by Gasteiger charge is 2.33. The van der Waals surface area contributed by atoms with E-state index in [1.165, 1.54) is 12.2 Å². The number of hydrogen-bond donors (Lipinski definition) is 2. The lowest BCUT2D eigenvalue weighted by molar-refractivity contribution is -0.197. The molecule has 7 amide bonds. The van der Waals surface area contributed by atoms with Gasteiger partial charge in [0.15, 0.2) is 19.7 Å². The Labute approximate surface area is 482 Å². The molecule has 0 aliphatic carbocycles. The minimum absolute atomic E-state index is 0. The summed E-state index contributed by atoms with van der Waals surface area (Å²) in [5, 5.41) is 19.5. The predicted molar refractivity (Wildman–Crippen MR) is 289 cm³/mol. The summed E-state index contributed by atoms with van der Waals surface area (Å²) in [6.07, 6.45) is 8.08. The average molecular weight is 1210 g/mol. The van der Waals surface area contributed by atoms with Gasteiger partial charge in [-0.3, -0.25) is 53.2 Å². The minimum atomic E-state index is -2.89. The van der Waals surface area contributed by atoms with E-state index in [1.54, 1.807) is 9.36 Å². The van der Waals surface area contributed by atoms with Crippen molar-refractivity contribution in [2.24, 2.45) is 5.73 Å². The van der Waals surface area contributed by atoms with E-state index < -0.39 is 61.1 Å². The number of aromatic nitrogens is 6. The molecule has 2 aromatic rings. The maximum Gasteiger partial charge on any atom is 0.335 e. The molecule has 3 saturated heterocycles. The molecule has 0 unspecified atom stereocenters. The third kappa shape index (κ3) is 26.9. The van der Waals surface area contributed by atoms with Crippen LogP contribution in [0.25, 0.3) is 0 Å². The number of nitrogens with two attached hydrogens (primary N) is 1. The van der Waals surface area contributed by atoms with Crippen LogP contribution in [0.15, 0.2) is 36.7 Å². The van der Waals surface area contributed by atoms with Gasteiger partial charge >= 0.3 is 5.97 Å². The monoisotopic (exact) mass is 1210 g/mol. The molecule has 32 nitrogen and oxygen atoms in total. The van der Waals surface area contributed by atoms with Crippen LogP contribution in [-0.2, 0) is 117 Å². The molecule has 35 heteroatoms. The Hall–Kier alpha value is -6.28. The van der Waals surface area contributed by atoms with Gasteiger partial charge in [0.05, 0.1) is 133 Å². The van der Waals surface area contributed by atoms with Crippen molar-refractivity contribution in [1.29, 1.82) is 0 Å². The quantitative estimate of drug-likeness (QED) is 0.0376. The molecule has 7 heterocycles. The molecule has 0 saturated carbocycles. The van der Waals surface area contributed by atoms with Crippen molar-refractivity contribution in [3.8, 4) is 0 Å². The normalized spacial score (nSPS) is 17.6. The zero-order chi connectivity index (χ0) is 59.2. The maximum absolute atomic E-state index is 11.8. The van der Waals surface area contributed by atoms with Crippen LogP contribution in [0.2, 0.25) is 0 Å². The number of hydroxylamine groups is 2. The molecule has 5 aliphatic rings. The topological polar surface area (TPSA) is 385 Å². The van der Waals surface area contributed by atoms with Crippen LogP contribution < -0.4 is 11.1 Å². The van der Waals surface area contributed by atoms with Crippen molar-refractivity contribution in [2.75, 3.05) is 155 Å². The first-order valence-electron chi connectivity index (χ1n) is 26.6. The van der Waals surface area contributed by atoms with Crippen LogP contribution >= 0.6 is 0 Å². The van der Waals surface area contributed by atoms with E-state index in [2.05, 4.69) is 40.6 Å². The van der Waals surface area contributed by atoms with Crippen molar-refractivity contribution in [2.45, 2.75) is 51.9 Å². The SMILES string of the molecule is NCCOCCOCCOCCn1cc(CN2CCS(=O)(=O)CC2)nn1.O=C(CCN1C(=O)C=CC1=O)NCCOCCOCCOCCn1cc(CN2CCS(=O)(=O)CC2)nn1.O=C(CCN1C(=O)C=CC1=O)ON1C(=O)CCC1=O.[B]. The van der Waals surface area contributed by atoms with Gasteiger partial charge in [0, 0.05) is 130 Å². The molecule has 83 heavy (non-hydrogen) atoms. The van der Waals surface area contributed by atoms with Gasteiger partial charge in [-0.2, -0.15) is 0 Å². The number of ether oxygens (including phenoxy) is 6. The van der Waals surface area contributed by atoms with Crippen LogP contribution in [0.3, 0.4) is 0 Å². The van der Waals surface area contributed by atoms with Gasteiger partial charge in [0.1, 0.15) is 0 Å². The third-order valence-electron chi connectivity index (χ3n) is 12.2. The molecule has 3 fully saturated rings. The number of carbonyl (C=O) groups excluding carboxylic acids is 8. The second kappa shape index (κ2) is 37.1. The van der Waals surface area contributed by atoms with Gasteiger partial charge in [-0.05, 0) is 0 Å². The van der Waals surface area contributed by atoms with E-state index in [-0.39, 0.29) is 76.1 Å². The number of rotatable bonds is 34. The van der Waals surface area contributed by atoms with E-state index in [0.717, 1.165) is 33.3 Å². The van der Waals surface area contributed by atoms with Gasteiger partial charge < -0.3 is 44.3 Å². The molecule has 0 bridgehead atoms. The fraction of sp³-hybridized carbons (Fsp3) is 0.667. The van der Waals surface area contributed by atoms with Crippen LogP contribution in [0.5, 0.6) is 0 Å². The number of sulfone groups is 2. The molecule has 459 valence electrons. The van der Waals surface area contributed by atoms with Crippen molar-refractivity contribution in [1.82, 2.24) is 60.0 Å². The van der Waals surface area contributed by atoms with E-state index in [1.807, 2.05) is 12.4 Å². The molecule has 3 N–H and O–H groups in total. The molecule has 5 aliphatic heterocycles. The van der Waals surface area contributed by atoms with Crippen molar-refractivity contribution in [3.63, 3.8) is 0 Å². The number of amides is 7. The van der Waals surface area contributed by atoms with E-state index in [4.69, 9.17) is 34.2 Å². The Bertz CT molecular complexity index is 2650. The zero-order valence-electron chi connectivity index (χ0n) is 46.2. The Balaban J connectivity index is 0.000000281. The molecule has 3 radical (unpaired) electrons. The fourth-order valence-corrected chi connectivity index (χ4v) is 10.2. The lowest BCUT2D eigenvalue weighted by atomic mass is 10.3. The standard InChI is InChI=1S/C22H34N6O8S.C15H29N5O5S.C11H10N2O6.B/c29-20(3-5-28-21(30)1-2-22(28)31)23-4-9-34-11-13-36-14-12-35-10-6-27-18-19(24-25-27)17-26-7-15-37(32,33)16-8-26;16-1-5-23-7-9-25-10-8-24-6-2-20-14-15(17-18-20)13-19-3-11-26(21,22)12-4-19;14-7-1-2-8(15)12(7)6-5-11(18)19-13-9(16)3-4-10(13)17;/h1-2,18H,3-17H2,(H,23,29);14H,1-13,16H2;1-2H,3-6H2;. The van der Waals surface area contributed by atoms with Gasteiger partial charge in [-0.15, -0.1) is 15.3 Å². The summed E-state index contributed by atoms with van der Waals surface area (Å²) in [7, 11) is -5.74. The average Bonchev–Trinajstić information content (AvgIpc) is 4.30. The zero-order valence-corrected chi connectivity index (χ0v) is 47.9. The minimum Gasteiger partial charge on any atom is -0.378 e. The summed E-state index contributed by atoms with van der Waals surface area (Å²) < 4.78 is 81.7. The highest BCUT2D eigenvalue weighted by Crippen LogP contribution is 2.14. The number of nitrogens with zero attached hydrogens (tertiary/aromatic N) is 11. The summed E-state index contributed by atoms with van der Waals surface area (Å²) in [6, 6.07) is 0. The summed E-state index contributed by atoms with van der Waals surface area (Å²) >= 11 is 0. The first-order valence-corrected chi connectivity index (χ1v) is 30.2. The van der Waals surface area contributed by atoms with Crippen LogP contribution in [0.1, 0.15) is 37.1 Å². The Kier molecular flexibility index (Phi) is 31.0. The van der Waals surface area contributed by atoms with E-state index in [9.17, 15) is 55.2 Å². The Morgan fingerprint density at radius 1 is 0.518 bits per heavy atom. The summed E-state index contributed by atoms with van der Waals surface area (Å²) in [5.74, 6) is -3.26. The van der Waals surface area contributed by atoms with Crippen molar-refractivity contribution in [3.05, 3.63) is 48.1 Å². The maximum atomic E-state index is 11.8. The first kappa shape index (κ1) is 69.2. The summed E-state index contributed by atoms with van der Waals surface area (Å²) in [6.45, 7) is 10.9. The first-order chi connectivity index (χ1) is 39.4. The van der Waals surface area contributed by atoms with E-state index >= 15 is 0 Å². The van der Waals surface area contributed by atoms with Crippen LogP contribution in [0.4, 0.5) is 0 Å². The van der Waals surface area contributed by atoms with E-state index in [0.29, 0.717) is 150 Å². The Morgan fingerprint density at radius 3 is 1.30 bits per heavy atom. The number of hydrogen-bond acceptors (Lipinski definition) is 26. The molecule has 0 atom stereocenters. The highest BCUT2D eigenvalue weighted by atomic mass is 32.2. The Morgan fingerprint density at radius 2 is 0.892 bits per heavy atom. The smallest absolute Gasteiger partial charge is 0.335 e. The summed E-state index contributed by atoms with van der Waals surface area (Å²) in [4.78, 5) is 101. The van der Waals surface area contributed by atoms with Crippen LogP contribution in [0, 0.1) is 0 Å². The fourth-order valence-electron chi connectivity index (χ4n) is 7.67. The van der Waals surface area contributed by atoms with Crippen molar-refractivity contribution >= 4 is 75.4 Å². The molecule has 0 spiro atoms. The van der Waals surface area contributed by atoms with Gasteiger partial charge in [-0.25, -0.2) is 31.0 Å². The predicted octanol–water partition coefficient (Wildman–Crippen LogP) is -4.97. The molecule has 2 aromatic heterocycles. The molecule has 0 aromatic carbocycles. The van der Waals surface area contributed by atoms with Crippen molar-refractivity contribution < 1.29 is 88.5 Å². The summed E-state index contributed by atoms with van der Waals surface area (Å²) in [5.41, 5.74) is 6.95.